The van der Waals surface area contributed by atoms with E-state index in [1.54, 1.807) is 17.8 Å². The molecular formula is C12H16N2OS. The fourth-order valence-corrected chi connectivity index (χ4v) is 2.33. The minimum absolute atomic E-state index is 0.0165. The van der Waals surface area contributed by atoms with Gasteiger partial charge in [-0.3, -0.25) is 0 Å². The molecule has 0 saturated heterocycles. The van der Waals surface area contributed by atoms with E-state index in [2.05, 4.69) is 11.0 Å². The van der Waals surface area contributed by atoms with Crippen molar-refractivity contribution in [1.82, 2.24) is 4.90 Å². The highest BCUT2D eigenvalue weighted by Crippen LogP contribution is 2.23. The van der Waals surface area contributed by atoms with Crippen LogP contribution < -0.4 is 0 Å². The predicted molar refractivity (Wildman–Crippen MR) is 66.4 cm³/mol. The van der Waals surface area contributed by atoms with Gasteiger partial charge in [0.15, 0.2) is 0 Å². The van der Waals surface area contributed by atoms with Crippen LogP contribution in [0.2, 0.25) is 0 Å². The van der Waals surface area contributed by atoms with E-state index in [-0.39, 0.29) is 6.61 Å². The average molecular weight is 236 g/mol. The lowest BCUT2D eigenvalue weighted by atomic mass is 10.1. The summed E-state index contributed by atoms with van der Waals surface area (Å²) in [5, 5.41) is 18.0. The summed E-state index contributed by atoms with van der Waals surface area (Å²) >= 11 is 1.67. The van der Waals surface area contributed by atoms with Gasteiger partial charge < -0.3 is 10.0 Å². The molecule has 0 aliphatic rings. The van der Waals surface area contributed by atoms with Gasteiger partial charge in [0.1, 0.15) is 6.07 Å². The second-order valence-electron chi connectivity index (χ2n) is 3.75. The van der Waals surface area contributed by atoms with Gasteiger partial charge in [-0.25, -0.2) is 0 Å². The molecule has 3 nitrogen and oxygen atoms in total. The number of thioether (sulfide) groups is 1. The van der Waals surface area contributed by atoms with Gasteiger partial charge in [0.25, 0.3) is 0 Å². The Labute approximate surface area is 101 Å². The zero-order valence-corrected chi connectivity index (χ0v) is 10.4. The van der Waals surface area contributed by atoms with Crippen molar-refractivity contribution in [3.63, 3.8) is 0 Å². The average Bonchev–Trinajstić information content (AvgIpc) is 2.29. The van der Waals surface area contributed by atoms with E-state index in [1.165, 1.54) is 0 Å². The first-order chi connectivity index (χ1) is 7.67. The molecule has 0 aromatic heterocycles. The molecule has 0 aliphatic heterocycles. The zero-order chi connectivity index (χ0) is 12.0. The topological polar surface area (TPSA) is 47.3 Å². The van der Waals surface area contributed by atoms with Crippen molar-refractivity contribution in [2.24, 2.45) is 0 Å². The quantitative estimate of drug-likeness (QED) is 0.791. The molecule has 4 heteroatoms. The number of aliphatic hydroxyl groups excluding tert-OH is 1. The largest absolute Gasteiger partial charge is 0.392 e. The van der Waals surface area contributed by atoms with Crippen LogP contribution in [0.5, 0.6) is 0 Å². The lowest BCUT2D eigenvalue weighted by Gasteiger charge is -2.09. The molecule has 0 heterocycles. The number of nitrogens with zero attached hydrogens (tertiary/aromatic N) is 2. The van der Waals surface area contributed by atoms with E-state index in [0.717, 1.165) is 22.8 Å². The van der Waals surface area contributed by atoms with E-state index in [9.17, 15) is 0 Å². The smallest absolute Gasteiger partial charge is 0.100 e. The summed E-state index contributed by atoms with van der Waals surface area (Å²) in [7, 11) is 4.06. The number of rotatable bonds is 5. The normalized spacial score (nSPS) is 10.4. The second-order valence-corrected chi connectivity index (χ2v) is 4.89. The Morgan fingerprint density at radius 3 is 2.75 bits per heavy atom. The van der Waals surface area contributed by atoms with Crippen LogP contribution in [-0.2, 0) is 6.61 Å². The highest BCUT2D eigenvalue weighted by atomic mass is 32.2. The number of hydrogen-bond acceptors (Lipinski definition) is 4. The van der Waals surface area contributed by atoms with Crippen molar-refractivity contribution in [2.45, 2.75) is 11.5 Å². The standard InChI is InChI=1S/C12H16N2OS/c1-14(2)5-6-16-12-4-3-10(9-15)7-11(12)8-13/h3-4,7,15H,5-6,9H2,1-2H3. The van der Waals surface area contributed by atoms with E-state index in [0.29, 0.717) is 5.56 Å². The van der Waals surface area contributed by atoms with Crippen molar-refractivity contribution >= 4 is 11.8 Å². The molecule has 1 aromatic rings. The van der Waals surface area contributed by atoms with Crippen molar-refractivity contribution < 1.29 is 5.11 Å². The van der Waals surface area contributed by atoms with Crippen LogP contribution in [0.25, 0.3) is 0 Å². The van der Waals surface area contributed by atoms with Crippen molar-refractivity contribution in [3.05, 3.63) is 29.3 Å². The van der Waals surface area contributed by atoms with Gasteiger partial charge in [0.2, 0.25) is 0 Å². The molecule has 0 bridgehead atoms. The number of hydrogen-bond donors (Lipinski definition) is 1. The molecule has 0 unspecified atom stereocenters. The predicted octanol–water partition coefficient (Wildman–Crippen LogP) is 1.70. The van der Waals surface area contributed by atoms with Gasteiger partial charge >= 0.3 is 0 Å². The van der Waals surface area contributed by atoms with Gasteiger partial charge in [-0.1, -0.05) is 6.07 Å². The molecule has 0 aliphatic carbocycles. The van der Waals surface area contributed by atoms with E-state index in [4.69, 9.17) is 10.4 Å². The van der Waals surface area contributed by atoms with E-state index >= 15 is 0 Å². The summed E-state index contributed by atoms with van der Waals surface area (Å²) in [4.78, 5) is 3.10. The molecule has 0 atom stereocenters. The summed E-state index contributed by atoms with van der Waals surface area (Å²) in [6.45, 7) is 0.967. The van der Waals surface area contributed by atoms with Crippen molar-refractivity contribution in [2.75, 3.05) is 26.4 Å². The van der Waals surface area contributed by atoms with Crippen LogP contribution in [0.3, 0.4) is 0 Å². The Morgan fingerprint density at radius 1 is 1.44 bits per heavy atom. The molecule has 0 fully saturated rings. The fourth-order valence-electron chi connectivity index (χ4n) is 1.23. The van der Waals surface area contributed by atoms with Gasteiger partial charge in [-0.05, 0) is 31.8 Å². The molecule has 86 valence electrons. The van der Waals surface area contributed by atoms with Gasteiger partial charge in [-0.15, -0.1) is 11.8 Å². The van der Waals surface area contributed by atoms with Crippen LogP contribution in [0.4, 0.5) is 0 Å². The van der Waals surface area contributed by atoms with Crippen LogP contribution >= 0.6 is 11.8 Å². The SMILES string of the molecule is CN(C)CCSc1ccc(CO)cc1C#N. The minimum Gasteiger partial charge on any atom is -0.392 e. The fraction of sp³-hybridized carbons (Fsp3) is 0.417. The second kappa shape index (κ2) is 6.54. The van der Waals surface area contributed by atoms with Crippen LogP contribution in [0, 0.1) is 11.3 Å². The van der Waals surface area contributed by atoms with Crippen LogP contribution in [0.1, 0.15) is 11.1 Å². The minimum atomic E-state index is -0.0165. The summed E-state index contributed by atoms with van der Waals surface area (Å²) in [5.74, 6) is 0.958. The molecule has 0 radical (unpaired) electrons. The summed E-state index contributed by atoms with van der Waals surface area (Å²) in [6.07, 6.45) is 0. The maximum absolute atomic E-state index is 8.99. The first-order valence-corrected chi connectivity index (χ1v) is 6.07. The molecule has 1 aromatic carbocycles. The highest BCUT2D eigenvalue weighted by Gasteiger charge is 2.04. The van der Waals surface area contributed by atoms with Crippen LogP contribution in [-0.4, -0.2) is 36.4 Å². The third-order valence-electron chi connectivity index (χ3n) is 2.14. The number of benzene rings is 1. The molecule has 1 rings (SSSR count). The monoisotopic (exact) mass is 236 g/mol. The molecule has 0 amide bonds. The molecule has 1 N–H and O–H groups in total. The Bertz CT molecular complexity index is 385. The Morgan fingerprint density at radius 2 is 2.19 bits per heavy atom. The van der Waals surface area contributed by atoms with Crippen molar-refractivity contribution in [3.8, 4) is 6.07 Å². The Balaban J connectivity index is 2.69. The third-order valence-corrected chi connectivity index (χ3v) is 3.20. The molecular weight excluding hydrogens is 220 g/mol. The molecule has 0 spiro atoms. The van der Waals surface area contributed by atoms with Gasteiger partial charge in [0.05, 0.1) is 12.2 Å². The summed E-state index contributed by atoms with van der Waals surface area (Å²) in [5.41, 5.74) is 1.43. The third kappa shape index (κ3) is 3.86. The first kappa shape index (κ1) is 13.0. The van der Waals surface area contributed by atoms with Crippen molar-refractivity contribution in [1.29, 1.82) is 5.26 Å². The lowest BCUT2D eigenvalue weighted by molar-refractivity contribution is 0.281. The summed E-state index contributed by atoms with van der Waals surface area (Å²) < 4.78 is 0. The lowest BCUT2D eigenvalue weighted by Crippen LogP contribution is -2.14. The van der Waals surface area contributed by atoms with Gasteiger partial charge in [-0.2, -0.15) is 5.26 Å². The van der Waals surface area contributed by atoms with Crippen LogP contribution in [0.15, 0.2) is 23.1 Å². The Hall–Kier alpha value is -1.02. The van der Waals surface area contributed by atoms with Gasteiger partial charge in [0, 0.05) is 17.2 Å². The summed E-state index contributed by atoms with van der Waals surface area (Å²) in [6, 6.07) is 7.68. The van der Waals surface area contributed by atoms with E-state index in [1.807, 2.05) is 26.2 Å². The highest BCUT2D eigenvalue weighted by molar-refractivity contribution is 7.99. The zero-order valence-electron chi connectivity index (χ0n) is 9.60. The van der Waals surface area contributed by atoms with E-state index < -0.39 is 0 Å². The number of aliphatic hydroxyl groups is 1. The molecule has 0 saturated carbocycles. The molecule has 16 heavy (non-hydrogen) atoms. The first-order valence-electron chi connectivity index (χ1n) is 5.08. The number of nitriles is 1. The maximum Gasteiger partial charge on any atom is 0.100 e. The maximum atomic E-state index is 8.99. The Kier molecular flexibility index (Phi) is 5.33.